The lowest BCUT2D eigenvalue weighted by Gasteiger charge is -2.18. The number of H-pyrrole nitrogens is 1. The van der Waals surface area contributed by atoms with E-state index in [0.29, 0.717) is 39.8 Å². The molecule has 26 heavy (non-hydrogen) atoms. The zero-order valence-corrected chi connectivity index (χ0v) is 14.0. The summed E-state index contributed by atoms with van der Waals surface area (Å²) in [5.41, 5.74) is 1.87. The first kappa shape index (κ1) is 15.1. The van der Waals surface area contributed by atoms with Gasteiger partial charge in [-0.15, -0.1) is 0 Å². The van der Waals surface area contributed by atoms with Crippen molar-refractivity contribution in [3.8, 4) is 23.2 Å². The van der Waals surface area contributed by atoms with Crippen molar-refractivity contribution in [1.29, 1.82) is 5.26 Å². The topological polar surface area (TPSA) is 114 Å². The standard InChI is InChI=1S/C18H17N7O/c19-5-10-1-4-21-17-15(10)16(18(26)24-17)12-6-23-14(7-22-12)25-8-11-2-3-20-13(11)9-25/h1,4,6-7,11,13,20,26H,2-3,8-9H2,(H,21,24). The van der Waals surface area contributed by atoms with Gasteiger partial charge in [0.05, 0.1) is 35.3 Å². The molecule has 0 amide bonds. The number of aromatic hydroxyl groups is 1. The lowest BCUT2D eigenvalue weighted by Crippen LogP contribution is -2.30. The molecule has 0 radical (unpaired) electrons. The van der Waals surface area contributed by atoms with Crippen LogP contribution in [0.5, 0.6) is 5.88 Å². The highest BCUT2D eigenvalue weighted by molar-refractivity contribution is 5.99. The Hall–Kier alpha value is -3.18. The van der Waals surface area contributed by atoms with Crippen LogP contribution >= 0.6 is 0 Å². The van der Waals surface area contributed by atoms with Crippen molar-refractivity contribution in [2.45, 2.75) is 12.5 Å². The fraction of sp³-hybridized carbons (Fsp3) is 0.333. The molecule has 3 N–H and O–H groups in total. The third kappa shape index (κ3) is 2.21. The summed E-state index contributed by atoms with van der Waals surface area (Å²) in [6.07, 6.45) is 6.12. The fourth-order valence-corrected chi connectivity index (χ4v) is 4.10. The average molecular weight is 347 g/mol. The Morgan fingerprint density at radius 3 is 2.92 bits per heavy atom. The molecule has 2 unspecified atom stereocenters. The highest BCUT2D eigenvalue weighted by Crippen LogP contribution is 2.36. The van der Waals surface area contributed by atoms with Gasteiger partial charge in [0, 0.05) is 30.7 Å². The molecule has 0 bridgehead atoms. The Labute approximate surface area is 149 Å². The van der Waals surface area contributed by atoms with Gasteiger partial charge in [0.1, 0.15) is 11.5 Å². The molecule has 2 saturated heterocycles. The first-order chi connectivity index (χ1) is 12.7. The highest BCUT2D eigenvalue weighted by Gasteiger charge is 2.36. The van der Waals surface area contributed by atoms with Crippen LogP contribution in [0.25, 0.3) is 22.3 Å². The lowest BCUT2D eigenvalue weighted by molar-refractivity contribution is 0.460. The first-order valence-corrected chi connectivity index (χ1v) is 8.65. The molecule has 8 heteroatoms. The zero-order chi connectivity index (χ0) is 17.7. The minimum atomic E-state index is -0.0582. The van der Waals surface area contributed by atoms with Gasteiger partial charge in [-0.3, -0.25) is 4.98 Å². The van der Waals surface area contributed by atoms with Crippen molar-refractivity contribution in [2.75, 3.05) is 24.5 Å². The summed E-state index contributed by atoms with van der Waals surface area (Å²) in [6, 6.07) is 4.30. The first-order valence-electron chi connectivity index (χ1n) is 8.65. The van der Waals surface area contributed by atoms with Crippen LogP contribution in [0.4, 0.5) is 5.82 Å². The van der Waals surface area contributed by atoms with Crippen molar-refractivity contribution in [3.05, 3.63) is 30.2 Å². The number of fused-ring (bicyclic) bond motifs is 2. The maximum absolute atomic E-state index is 10.3. The zero-order valence-electron chi connectivity index (χ0n) is 14.0. The Morgan fingerprint density at radius 1 is 1.23 bits per heavy atom. The van der Waals surface area contributed by atoms with Crippen LogP contribution in [0, 0.1) is 17.2 Å². The molecule has 0 aromatic carbocycles. The van der Waals surface area contributed by atoms with E-state index < -0.39 is 0 Å². The molecule has 5 rings (SSSR count). The quantitative estimate of drug-likeness (QED) is 0.642. The van der Waals surface area contributed by atoms with Gasteiger partial charge in [-0.1, -0.05) is 0 Å². The predicted molar refractivity (Wildman–Crippen MR) is 95.6 cm³/mol. The second-order valence-electron chi connectivity index (χ2n) is 6.82. The third-order valence-corrected chi connectivity index (χ3v) is 5.38. The summed E-state index contributed by atoms with van der Waals surface area (Å²) in [6.45, 7) is 3.04. The van der Waals surface area contributed by atoms with Crippen molar-refractivity contribution >= 4 is 16.9 Å². The van der Waals surface area contributed by atoms with Crippen LogP contribution in [-0.2, 0) is 0 Å². The van der Waals surface area contributed by atoms with Crippen molar-refractivity contribution in [1.82, 2.24) is 25.3 Å². The maximum Gasteiger partial charge on any atom is 0.200 e. The van der Waals surface area contributed by atoms with Gasteiger partial charge in [-0.25, -0.2) is 9.97 Å². The number of pyridine rings is 1. The van der Waals surface area contributed by atoms with E-state index >= 15 is 0 Å². The van der Waals surface area contributed by atoms with E-state index in [1.807, 2.05) is 0 Å². The molecule has 2 aliphatic rings. The lowest BCUT2D eigenvalue weighted by atomic mass is 10.1. The molecule has 3 aromatic heterocycles. The minimum Gasteiger partial charge on any atom is -0.494 e. The monoisotopic (exact) mass is 347 g/mol. The summed E-state index contributed by atoms with van der Waals surface area (Å²) >= 11 is 0. The van der Waals surface area contributed by atoms with Gasteiger partial charge in [0.25, 0.3) is 0 Å². The van der Waals surface area contributed by atoms with E-state index in [0.717, 1.165) is 25.5 Å². The number of rotatable bonds is 2. The van der Waals surface area contributed by atoms with E-state index in [1.165, 1.54) is 12.6 Å². The predicted octanol–water partition coefficient (Wildman–Crippen LogP) is 1.40. The number of nitriles is 1. The van der Waals surface area contributed by atoms with Gasteiger partial charge in [-0.05, 0) is 24.9 Å². The van der Waals surface area contributed by atoms with Crippen molar-refractivity contribution < 1.29 is 5.11 Å². The number of hydrogen-bond acceptors (Lipinski definition) is 7. The summed E-state index contributed by atoms with van der Waals surface area (Å²) in [5, 5.41) is 23.8. The number of aromatic amines is 1. The molecule has 8 nitrogen and oxygen atoms in total. The molecular weight excluding hydrogens is 330 g/mol. The average Bonchev–Trinajstić information content (AvgIpc) is 3.33. The normalized spacial score (nSPS) is 21.9. The van der Waals surface area contributed by atoms with Gasteiger partial charge < -0.3 is 20.3 Å². The molecule has 2 atom stereocenters. The van der Waals surface area contributed by atoms with Crippen molar-refractivity contribution in [3.63, 3.8) is 0 Å². The van der Waals surface area contributed by atoms with Gasteiger partial charge in [-0.2, -0.15) is 5.26 Å². The molecular formula is C18H17N7O. The highest BCUT2D eigenvalue weighted by atomic mass is 16.3. The number of nitrogens with one attached hydrogen (secondary N) is 2. The van der Waals surface area contributed by atoms with E-state index in [9.17, 15) is 10.4 Å². The second-order valence-corrected chi connectivity index (χ2v) is 6.82. The van der Waals surface area contributed by atoms with Crippen LogP contribution in [-0.4, -0.2) is 50.7 Å². The summed E-state index contributed by atoms with van der Waals surface area (Å²) in [7, 11) is 0. The number of anilines is 1. The van der Waals surface area contributed by atoms with E-state index in [1.54, 1.807) is 18.5 Å². The number of hydrogen-bond donors (Lipinski definition) is 3. The Morgan fingerprint density at radius 2 is 2.15 bits per heavy atom. The van der Waals surface area contributed by atoms with Gasteiger partial charge in [0.2, 0.25) is 0 Å². The molecule has 0 aliphatic carbocycles. The molecule has 0 spiro atoms. The fourth-order valence-electron chi connectivity index (χ4n) is 4.10. The van der Waals surface area contributed by atoms with Crippen LogP contribution < -0.4 is 10.2 Å². The smallest absolute Gasteiger partial charge is 0.200 e. The van der Waals surface area contributed by atoms with Crippen LogP contribution in [0.3, 0.4) is 0 Å². The van der Waals surface area contributed by atoms with E-state index in [4.69, 9.17) is 0 Å². The minimum absolute atomic E-state index is 0.0582. The molecule has 3 aromatic rings. The molecule has 130 valence electrons. The largest absolute Gasteiger partial charge is 0.494 e. The van der Waals surface area contributed by atoms with Crippen LogP contribution in [0.15, 0.2) is 24.7 Å². The van der Waals surface area contributed by atoms with Gasteiger partial charge in [0.15, 0.2) is 5.88 Å². The maximum atomic E-state index is 10.3. The Balaban J connectivity index is 1.51. The van der Waals surface area contributed by atoms with Crippen LogP contribution in [0.1, 0.15) is 12.0 Å². The van der Waals surface area contributed by atoms with Crippen molar-refractivity contribution in [2.24, 2.45) is 5.92 Å². The molecule has 5 heterocycles. The number of aromatic nitrogens is 4. The third-order valence-electron chi connectivity index (χ3n) is 5.38. The summed E-state index contributed by atoms with van der Waals surface area (Å²) < 4.78 is 0. The summed E-state index contributed by atoms with van der Waals surface area (Å²) in [4.78, 5) is 18.3. The number of nitrogens with zero attached hydrogens (tertiary/aromatic N) is 5. The van der Waals surface area contributed by atoms with E-state index in [2.05, 4.69) is 36.2 Å². The van der Waals surface area contributed by atoms with Crippen LogP contribution in [0.2, 0.25) is 0 Å². The Bertz CT molecular complexity index is 1010. The van der Waals surface area contributed by atoms with Gasteiger partial charge >= 0.3 is 0 Å². The van der Waals surface area contributed by atoms with E-state index in [-0.39, 0.29) is 5.88 Å². The Kier molecular flexibility index (Phi) is 3.30. The second kappa shape index (κ2) is 5.68. The summed E-state index contributed by atoms with van der Waals surface area (Å²) in [5.74, 6) is 1.46. The molecule has 2 aliphatic heterocycles. The SMILES string of the molecule is N#Cc1ccnc2[nH]c(O)c(-c3cnc(N4CC5CCNC5C4)cn3)c12. The molecule has 2 fully saturated rings. The molecule has 0 saturated carbocycles.